The molecule has 1 unspecified atom stereocenters. The van der Waals surface area contributed by atoms with Crippen molar-refractivity contribution >= 4 is 69.2 Å². The van der Waals surface area contributed by atoms with Crippen molar-refractivity contribution in [2.75, 3.05) is 43.0 Å². The summed E-state index contributed by atoms with van der Waals surface area (Å²) < 4.78 is 6.31. The Labute approximate surface area is 320 Å². The number of imide groups is 2. The number of aromatic nitrogens is 2. The number of allylic oxidation sites excluding steroid dienone is 2. The van der Waals surface area contributed by atoms with Crippen LogP contribution < -0.4 is 15.5 Å². The second-order valence-corrected chi connectivity index (χ2v) is 14.2. The molecule has 1 atom stereocenters. The molecule has 0 bridgehead atoms. The minimum atomic E-state index is -0.970. The molecule has 13 heteroatoms. The molecule has 4 amide bonds. The molecule has 0 saturated carbocycles. The van der Waals surface area contributed by atoms with Crippen LogP contribution in [-0.2, 0) is 16.0 Å². The fourth-order valence-corrected chi connectivity index (χ4v) is 8.28. The second kappa shape index (κ2) is 13.8. The molecule has 2 saturated heterocycles. The number of hydrogen-bond acceptors (Lipinski definition) is 9. The lowest BCUT2D eigenvalue weighted by Crippen LogP contribution is -2.54. The quantitative estimate of drug-likeness (QED) is 0.153. The Kier molecular flexibility index (Phi) is 8.96. The number of piperazine rings is 1. The Balaban J connectivity index is 0.960. The molecule has 4 heterocycles. The van der Waals surface area contributed by atoms with Gasteiger partial charge in [-0.1, -0.05) is 24.8 Å². The number of piperidine rings is 1. The van der Waals surface area contributed by atoms with Gasteiger partial charge in [-0.25, -0.2) is 7.89 Å². The Morgan fingerprint density at radius 1 is 0.830 bits per heavy atom. The number of anilines is 2. The van der Waals surface area contributed by atoms with Gasteiger partial charge in [-0.3, -0.25) is 29.0 Å². The zero-order valence-corrected chi connectivity index (χ0v) is 31.3. The highest BCUT2D eigenvalue weighted by Crippen LogP contribution is 2.35. The molecule has 2 N–H and O–H groups in total. The number of nitrogens with zero attached hydrogens (tertiary/aromatic N) is 7. The number of carbonyl (C=O) groups excluding carboxylic acids is 4. The minimum absolute atomic E-state index is 0.110. The van der Waals surface area contributed by atoms with Crippen LogP contribution in [0.25, 0.3) is 22.4 Å². The molecule has 0 spiro atoms. The Bertz CT molecular complexity index is 2270. The zero-order chi connectivity index (χ0) is 37.0. The van der Waals surface area contributed by atoms with Gasteiger partial charge in [0.1, 0.15) is 11.7 Å². The molecule has 1 aromatic heterocycles. The van der Waals surface area contributed by atoms with E-state index in [0.29, 0.717) is 5.56 Å². The van der Waals surface area contributed by atoms with Gasteiger partial charge in [0.2, 0.25) is 5.91 Å². The van der Waals surface area contributed by atoms with E-state index in [1.165, 1.54) is 24.4 Å². The summed E-state index contributed by atoms with van der Waals surface area (Å²) in [5.41, 5.74) is 16.4. The third-order valence-corrected chi connectivity index (χ3v) is 11.3. The summed E-state index contributed by atoms with van der Waals surface area (Å²) >= 11 is 2.07. The number of likely N-dealkylation sites (tertiary alicyclic amines) is 1. The summed E-state index contributed by atoms with van der Waals surface area (Å²) in [5, 5.41) is 4.95. The van der Waals surface area contributed by atoms with Crippen molar-refractivity contribution in [3.8, 4) is 16.8 Å². The van der Waals surface area contributed by atoms with Crippen LogP contribution in [0.5, 0.6) is 0 Å². The second-order valence-electron chi connectivity index (χ2n) is 13.7. The van der Waals surface area contributed by atoms with Crippen molar-refractivity contribution in [3.63, 3.8) is 0 Å². The number of halogens is 1. The fourth-order valence-electron chi connectivity index (χ4n) is 7.78. The fraction of sp³-hybridized carbons (Fsp3) is 0.250. The van der Waals surface area contributed by atoms with Crippen LogP contribution in [0.15, 0.2) is 88.9 Å². The summed E-state index contributed by atoms with van der Waals surface area (Å²) in [4.78, 5) is 58.1. The average Bonchev–Trinajstić information content (AvgIpc) is 3.88. The number of fused-ring (bicyclic) bond motifs is 2. The first-order chi connectivity index (χ1) is 25.7. The van der Waals surface area contributed by atoms with Crippen molar-refractivity contribution in [3.05, 3.63) is 114 Å². The van der Waals surface area contributed by atoms with Crippen LogP contribution in [0.3, 0.4) is 0 Å². The average molecular weight is 821 g/mol. The van der Waals surface area contributed by atoms with Gasteiger partial charge in [0.05, 0.1) is 45.4 Å². The molecule has 4 aliphatic rings. The molecule has 8 rings (SSSR count). The van der Waals surface area contributed by atoms with Crippen LogP contribution in [0.2, 0.25) is 0 Å². The normalized spacial score (nSPS) is 19.6. The highest BCUT2D eigenvalue weighted by Gasteiger charge is 2.46. The molecule has 3 aromatic carbocycles. The largest absolute Gasteiger partial charge is 0.405 e. The topological polar surface area (TPSA) is 137 Å². The lowest BCUT2D eigenvalue weighted by molar-refractivity contribution is -0.149. The summed E-state index contributed by atoms with van der Waals surface area (Å²) in [6.07, 6.45) is 7.46. The van der Waals surface area contributed by atoms with Gasteiger partial charge in [0, 0.05) is 62.8 Å². The van der Waals surface area contributed by atoms with Crippen molar-refractivity contribution in [1.82, 2.24) is 19.6 Å². The molecule has 0 radical (unpaired) electrons. The van der Waals surface area contributed by atoms with E-state index in [1.54, 1.807) is 18.2 Å². The molecular weight excluding hydrogens is 783 g/mol. The first-order valence-corrected chi connectivity index (χ1v) is 18.5. The van der Waals surface area contributed by atoms with Crippen LogP contribution in [0.1, 0.15) is 56.8 Å². The Hall–Kier alpha value is -5.57. The number of benzene rings is 3. The molecule has 2 fully saturated rings. The number of likely N-dealkylation sites (N-methyl/N-ethyl adjacent to an activating group) is 1. The van der Waals surface area contributed by atoms with Gasteiger partial charge >= 0.3 is 0 Å². The lowest BCUT2D eigenvalue weighted by atomic mass is 9.98. The predicted molar refractivity (Wildman–Crippen MR) is 212 cm³/mol. The van der Waals surface area contributed by atoms with E-state index in [-0.39, 0.29) is 24.3 Å². The Morgan fingerprint density at radius 2 is 1.49 bits per heavy atom. The zero-order valence-electron chi connectivity index (χ0n) is 29.2. The summed E-state index contributed by atoms with van der Waals surface area (Å²) in [6, 6.07) is 19.2. The molecule has 12 nitrogen and oxygen atoms in total. The van der Waals surface area contributed by atoms with Crippen LogP contribution in [0, 0.1) is 0 Å². The number of rotatable bonds is 7. The number of hydrogen-bond donors (Lipinski definition) is 1. The maximum atomic E-state index is 13.5. The standard InChI is InChI=1S/C40H37IN8O4/c1-24(15-16-42)37-33(26-3-10-30-25(21-26)4-12-34(30)43-41)23-48(44-37)28-7-5-27(6-8-28)46-17-19-47(20-18-46)29-9-11-31-32(22-29)39(52)49(38(31)51)35-13-14-36(50)45(2)40(35)53/h3,5-11,15-16,21-23,35H,1,4,12-14,17-20,42H2,2H3/b16-15-,43-34+. The first kappa shape index (κ1) is 34.5. The number of aryl methyl sites for hydroxylation is 1. The van der Waals surface area contributed by atoms with E-state index < -0.39 is 23.8 Å². The molecule has 1 aliphatic carbocycles. The molecule has 3 aliphatic heterocycles. The van der Waals surface area contributed by atoms with E-state index >= 15 is 0 Å². The maximum absolute atomic E-state index is 13.5. The van der Waals surface area contributed by atoms with Crippen LogP contribution >= 0.6 is 22.9 Å². The maximum Gasteiger partial charge on any atom is 0.262 e. The van der Waals surface area contributed by atoms with E-state index in [2.05, 4.69) is 84.9 Å². The number of carbonyl (C=O) groups is 4. The molecule has 268 valence electrons. The highest BCUT2D eigenvalue weighted by molar-refractivity contribution is 14.1. The van der Waals surface area contributed by atoms with Crippen molar-refractivity contribution < 1.29 is 19.2 Å². The molecule has 4 aromatic rings. The van der Waals surface area contributed by atoms with Gasteiger partial charge in [-0.15, -0.1) is 0 Å². The van der Waals surface area contributed by atoms with E-state index in [1.807, 2.05) is 16.9 Å². The van der Waals surface area contributed by atoms with Gasteiger partial charge in [0.25, 0.3) is 17.7 Å². The highest BCUT2D eigenvalue weighted by atomic mass is 127. The lowest BCUT2D eigenvalue weighted by Gasteiger charge is -2.37. The van der Waals surface area contributed by atoms with Gasteiger partial charge in [-0.05, 0) is 96.3 Å². The number of nitrogens with two attached hydrogens (primary N) is 1. The third kappa shape index (κ3) is 6.02. The van der Waals surface area contributed by atoms with Gasteiger partial charge in [-0.2, -0.15) is 5.10 Å². The monoisotopic (exact) mass is 820 g/mol. The summed E-state index contributed by atoms with van der Waals surface area (Å²) in [6.45, 7) is 7.19. The van der Waals surface area contributed by atoms with Gasteiger partial charge in [0.15, 0.2) is 0 Å². The molecular formula is C40H37IN8O4. The van der Waals surface area contributed by atoms with Gasteiger partial charge < -0.3 is 15.5 Å². The van der Waals surface area contributed by atoms with E-state index in [9.17, 15) is 19.2 Å². The van der Waals surface area contributed by atoms with E-state index in [0.717, 1.165) is 94.0 Å². The summed E-state index contributed by atoms with van der Waals surface area (Å²) in [5.74, 6) is -1.82. The van der Waals surface area contributed by atoms with Crippen molar-refractivity contribution in [2.24, 2.45) is 8.94 Å². The first-order valence-electron chi connectivity index (χ1n) is 17.6. The van der Waals surface area contributed by atoms with Crippen molar-refractivity contribution in [1.29, 1.82) is 0 Å². The summed E-state index contributed by atoms with van der Waals surface area (Å²) in [7, 11) is 1.39. The van der Waals surface area contributed by atoms with Crippen molar-refractivity contribution in [2.45, 2.75) is 31.7 Å². The Morgan fingerprint density at radius 3 is 2.21 bits per heavy atom. The van der Waals surface area contributed by atoms with Crippen LogP contribution in [0.4, 0.5) is 11.4 Å². The minimum Gasteiger partial charge on any atom is -0.405 e. The third-order valence-electron chi connectivity index (χ3n) is 10.7. The molecule has 53 heavy (non-hydrogen) atoms. The van der Waals surface area contributed by atoms with Crippen LogP contribution in [-0.4, -0.2) is 88.2 Å². The van der Waals surface area contributed by atoms with E-state index in [4.69, 9.17) is 10.8 Å². The smallest absolute Gasteiger partial charge is 0.262 e. The predicted octanol–water partition coefficient (Wildman–Crippen LogP) is 5.18. The SMILES string of the molecule is C=C(/C=C\N)c1nn(-c2ccc(N3CCN(c4ccc5c(c4)C(=O)N(C4CCC(=O)N(C)C4=O)C5=O)CC3)cc2)cc1-c1ccc2c(c1)CC/C2=N\I. The number of amides is 4.